The van der Waals surface area contributed by atoms with Crippen LogP contribution in [0, 0.1) is 5.92 Å². The van der Waals surface area contributed by atoms with Gasteiger partial charge >= 0.3 is 0 Å². The van der Waals surface area contributed by atoms with Gasteiger partial charge in [0.25, 0.3) is 5.91 Å². The molecule has 0 saturated heterocycles. The Bertz CT molecular complexity index is 593. The van der Waals surface area contributed by atoms with E-state index in [1.165, 1.54) is 10.4 Å². The highest BCUT2D eigenvalue weighted by Gasteiger charge is 2.15. The molecule has 0 radical (unpaired) electrons. The number of hydrogen-bond donors (Lipinski definition) is 2. The molecule has 1 atom stereocenters. The summed E-state index contributed by atoms with van der Waals surface area (Å²) in [5.74, 6) is 0.518. The van der Waals surface area contributed by atoms with Crippen LogP contribution in [0.5, 0.6) is 0 Å². The largest absolute Gasteiger partial charge is 0.355 e. The molecule has 0 aliphatic heterocycles. The first-order valence-electron chi connectivity index (χ1n) is 7.69. The zero-order chi connectivity index (χ0) is 15.9. The molecule has 0 spiro atoms. The smallest absolute Gasteiger partial charge is 0.251 e. The molecular weight excluding hydrogens is 292 g/mol. The molecule has 2 aromatic rings. The third kappa shape index (κ3) is 4.42. The summed E-state index contributed by atoms with van der Waals surface area (Å²) in [5.41, 5.74) is 1.90. The Balaban J connectivity index is 1.94. The molecular formula is C18H24N2OS. The van der Waals surface area contributed by atoms with Crippen molar-refractivity contribution < 1.29 is 4.79 Å². The van der Waals surface area contributed by atoms with Crippen molar-refractivity contribution in [1.29, 1.82) is 0 Å². The van der Waals surface area contributed by atoms with Crippen LogP contribution in [0.25, 0.3) is 0 Å². The molecule has 1 aromatic heterocycles. The number of benzene rings is 1. The Morgan fingerprint density at radius 3 is 2.68 bits per heavy atom. The monoisotopic (exact) mass is 316 g/mol. The van der Waals surface area contributed by atoms with Crippen molar-refractivity contribution >= 4 is 17.2 Å². The minimum atomic E-state index is -0.0338. The SMILES string of the molecule is CNC(=O)c1cccc(CCN[C@@H](c2cccs2)C(C)C)c1. The minimum absolute atomic E-state index is 0.0338. The van der Waals surface area contributed by atoms with E-state index < -0.39 is 0 Å². The van der Waals surface area contributed by atoms with Crippen LogP contribution < -0.4 is 10.6 Å². The van der Waals surface area contributed by atoms with Crippen molar-refractivity contribution in [1.82, 2.24) is 10.6 Å². The van der Waals surface area contributed by atoms with Crippen molar-refractivity contribution in [3.8, 4) is 0 Å². The van der Waals surface area contributed by atoms with Gasteiger partial charge in [-0.3, -0.25) is 4.79 Å². The molecule has 118 valence electrons. The van der Waals surface area contributed by atoms with Crippen molar-refractivity contribution in [2.75, 3.05) is 13.6 Å². The average molecular weight is 316 g/mol. The van der Waals surface area contributed by atoms with Crippen LogP contribution in [-0.4, -0.2) is 19.5 Å². The van der Waals surface area contributed by atoms with Crippen LogP contribution in [-0.2, 0) is 6.42 Å². The molecule has 0 fully saturated rings. The van der Waals surface area contributed by atoms with Crippen LogP contribution in [0.1, 0.15) is 40.7 Å². The molecule has 4 heteroatoms. The van der Waals surface area contributed by atoms with E-state index in [1.54, 1.807) is 18.4 Å². The Hall–Kier alpha value is -1.65. The van der Waals surface area contributed by atoms with Gasteiger partial charge < -0.3 is 10.6 Å². The van der Waals surface area contributed by atoms with Gasteiger partial charge in [0.05, 0.1) is 0 Å². The van der Waals surface area contributed by atoms with Gasteiger partial charge in [-0.15, -0.1) is 11.3 Å². The van der Waals surface area contributed by atoms with Crippen LogP contribution >= 0.6 is 11.3 Å². The molecule has 3 nitrogen and oxygen atoms in total. The van der Waals surface area contributed by atoms with Crippen molar-refractivity contribution in [3.05, 3.63) is 57.8 Å². The zero-order valence-electron chi connectivity index (χ0n) is 13.4. The van der Waals surface area contributed by atoms with Gasteiger partial charge in [-0.05, 0) is 48.0 Å². The predicted octanol–water partition coefficient (Wildman–Crippen LogP) is 3.64. The number of nitrogens with one attached hydrogen (secondary N) is 2. The fourth-order valence-corrected chi connectivity index (χ4v) is 3.49. The molecule has 0 aliphatic carbocycles. The number of carbonyl (C=O) groups excluding carboxylic acids is 1. The van der Waals surface area contributed by atoms with E-state index in [-0.39, 0.29) is 5.91 Å². The maximum atomic E-state index is 11.7. The molecule has 2 rings (SSSR count). The zero-order valence-corrected chi connectivity index (χ0v) is 14.2. The molecule has 0 aliphatic rings. The maximum absolute atomic E-state index is 11.7. The highest BCUT2D eigenvalue weighted by Crippen LogP contribution is 2.25. The molecule has 0 bridgehead atoms. The third-order valence-electron chi connectivity index (χ3n) is 3.71. The molecule has 2 N–H and O–H groups in total. The van der Waals surface area contributed by atoms with E-state index in [1.807, 2.05) is 18.2 Å². The standard InChI is InChI=1S/C18H24N2OS/c1-13(2)17(16-8-5-11-22-16)20-10-9-14-6-4-7-15(12-14)18(21)19-3/h4-8,11-13,17,20H,9-10H2,1-3H3,(H,19,21)/t17-/m1/s1. The lowest BCUT2D eigenvalue weighted by atomic mass is 10.0. The Labute approximate surface area is 136 Å². The Morgan fingerprint density at radius 2 is 2.05 bits per heavy atom. The van der Waals surface area contributed by atoms with E-state index in [4.69, 9.17) is 0 Å². The highest BCUT2D eigenvalue weighted by atomic mass is 32.1. The summed E-state index contributed by atoms with van der Waals surface area (Å²) in [7, 11) is 1.66. The number of hydrogen-bond acceptors (Lipinski definition) is 3. The summed E-state index contributed by atoms with van der Waals surface area (Å²) in [6.45, 7) is 5.38. The molecule has 1 amide bonds. The number of rotatable bonds is 7. The van der Waals surface area contributed by atoms with E-state index in [0.717, 1.165) is 18.5 Å². The number of carbonyl (C=O) groups is 1. The fraction of sp³-hybridized carbons (Fsp3) is 0.389. The first kappa shape index (κ1) is 16.7. The van der Waals surface area contributed by atoms with Crippen LogP contribution in [0.4, 0.5) is 0 Å². The van der Waals surface area contributed by atoms with Crippen LogP contribution in [0.3, 0.4) is 0 Å². The lowest BCUT2D eigenvalue weighted by Crippen LogP contribution is -2.27. The molecule has 0 unspecified atom stereocenters. The van der Waals surface area contributed by atoms with E-state index in [0.29, 0.717) is 12.0 Å². The fourth-order valence-electron chi connectivity index (χ4n) is 2.52. The number of thiophene rings is 1. The average Bonchev–Trinajstić information content (AvgIpc) is 3.04. The van der Waals surface area contributed by atoms with Gasteiger partial charge in [-0.25, -0.2) is 0 Å². The van der Waals surface area contributed by atoms with Gasteiger partial charge in [0, 0.05) is 23.5 Å². The molecule has 22 heavy (non-hydrogen) atoms. The summed E-state index contributed by atoms with van der Waals surface area (Å²) in [4.78, 5) is 13.1. The summed E-state index contributed by atoms with van der Waals surface area (Å²) >= 11 is 1.80. The lowest BCUT2D eigenvalue weighted by Gasteiger charge is -2.21. The normalized spacial score (nSPS) is 12.4. The van der Waals surface area contributed by atoms with Gasteiger partial charge in [0.2, 0.25) is 0 Å². The van der Waals surface area contributed by atoms with Gasteiger partial charge in [-0.2, -0.15) is 0 Å². The number of amides is 1. The first-order chi connectivity index (χ1) is 10.6. The second kappa shape index (κ2) is 8.11. The van der Waals surface area contributed by atoms with E-state index in [2.05, 4.69) is 48.1 Å². The van der Waals surface area contributed by atoms with Crippen molar-refractivity contribution in [2.45, 2.75) is 26.3 Å². The summed E-state index contributed by atoms with van der Waals surface area (Å²) < 4.78 is 0. The molecule has 1 heterocycles. The van der Waals surface area contributed by atoms with Gasteiger partial charge in [-0.1, -0.05) is 32.0 Å². The maximum Gasteiger partial charge on any atom is 0.251 e. The summed E-state index contributed by atoms with van der Waals surface area (Å²) in [5, 5.41) is 8.43. The first-order valence-corrected chi connectivity index (χ1v) is 8.57. The summed E-state index contributed by atoms with van der Waals surface area (Å²) in [6, 6.07) is 12.5. The van der Waals surface area contributed by atoms with E-state index >= 15 is 0 Å². The minimum Gasteiger partial charge on any atom is -0.355 e. The lowest BCUT2D eigenvalue weighted by molar-refractivity contribution is 0.0963. The Morgan fingerprint density at radius 1 is 1.23 bits per heavy atom. The van der Waals surface area contributed by atoms with Crippen LogP contribution in [0.15, 0.2) is 41.8 Å². The predicted molar refractivity (Wildman–Crippen MR) is 93.4 cm³/mol. The van der Waals surface area contributed by atoms with Crippen LogP contribution in [0.2, 0.25) is 0 Å². The second-order valence-electron chi connectivity index (χ2n) is 5.72. The molecule has 0 saturated carbocycles. The van der Waals surface area contributed by atoms with Crippen molar-refractivity contribution in [3.63, 3.8) is 0 Å². The molecule has 1 aromatic carbocycles. The van der Waals surface area contributed by atoms with Gasteiger partial charge in [0.1, 0.15) is 0 Å². The van der Waals surface area contributed by atoms with Gasteiger partial charge in [0.15, 0.2) is 0 Å². The topological polar surface area (TPSA) is 41.1 Å². The highest BCUT2D eigenvalue weighted by molar-refractivity contribution is 7.10. The van der Waals surface area contributed by atoms with E-state index in [9.17, 15) is 4.79 Å². The summed E-state index contributed by atoms with van der Waals surface area (Å²) in [6.07, 6.45) is 0.916. The second-order valence-corrected chi connectivity index (χ2v) is 6.70. The van der Waals surface area contributed by atoms with Crippen molar-refractivity contribution in [2.24, 2.45) is 5.92 Å². The third-order valence-corrected chi connectivity index (χ3v) is 4.67. The quantitative estimate of drug-likeness (QED) is 0.819. The Kier molecular flexibility index (Phi) is 6.16.